The Labute approximate surface area is 154 Å². The zero-order valence-electron chi connectivity index (χ0n) is 15.5. The standard InChI is InChI=1S/C12H30O7Si5/c1-11(12(13)15-8-7-9-20-14-2)10-24(6)18-22(4)16-21(3)17-23(5)19-24/h11,21-23H,7-10H2,1-6H3. The third-order valence-corrected chi connectivity index (χ3v) is 18.5. The normalized spacial score (nSPS) is 32.7. The highest BCUT2D eigenvalue weighted by molar-refractivity contribution is 6.81. The number of hydrogen-bond donors (Lipinski definition) is 0. The summed E-state index contributed by atoms with van der Waals surface area (Å²) < 4.78 is 34.5. The SMILES string of the molecule is CO[Si]CCCOC(=O)C(C)C[Si]1(C)O[SiH](C)O[SiH](C)O[SiH](C)O1. The molecule has 0 amide bonds. The van der Waals surface area contributed by atoms with Crippen LogP contribution >= 0.6 is 0 Å². The van der Waals surface area contributed by atoms with Gasteiger partial charge in [0.1, 0.15) is 0 Å². The van der Waals surface area contributed by atoms with Gasteiger partial charge in [-0.2, -0.15) is 0 Å². The molecule has 0 aromatic rings. The van der Waals surface area contributed by atoms with Crippen LogP contribution in [0.3, 0.4) is 0 Å². The van der Waals surface area contributed by atoms with Crippen LogP contribution in [0.5, 0.6) is 0 Å². The number of carbonyl (C=O) groups is 1. The fourth-order valence-electron chi connectivity index (χ4n) is 2.65. The molecule has 1 heterocycles. The second-order valence-electron chi connectivity index (χ2n) is 6.07. The number of esters is 1. The molecule has 12 heteroatoms. The van der Waals surface area contributed by atoms with Crippen LogP contribution < -0.4 is 0 Å². The van der Waals surface area contributed by atoms with Crippen LogP contribution in [0.4, 0.5) is 0 Å². The smallest absolute Gasteiger partial charge is 0.317 e. The largest absolute Gasteiger partial charge is 0.465 e. The molecular formula is C12H30O7Si5. The molecule has 3 atom stereocenters. The minimum absolute atomic E-state index is 0.188. The first-order chi connectivity index (χ1) is 11.3. The minimum Gasteiger partial charge on any atom is -0.465 e. The van der Waals surface area contributed by atoms with Gasteiger partial charge in [-0.25, -0.2) is 0 Å². The van der Waals surface area contributed by atoms with Crippen LogP contribution in [0.2, 0.25) is 38.3 Å². The van der Waals surface area contributed by atoms with Gasteiger partial charge in [-0.1, -0.05) is 6.92 Å². The number of rotatable bonds is 8. The Hall–Kier alpha value is 0.354. The molecule has 1 aliphatic rings. The van der Waals surface area contributed by atoms with Gasteiger partial charge in [0.15, 0.2) is 0 Å². The van der Waals surface area contributed by atoms with Gasteiger partial charge in [-0.3, -0.25) is 4.79 Å². The van der Waals surface area contributed by atoms with E-state index in [1.165, 1.54) is 0 Å². The first-order valence-electron chi connectivity index (χ1n) is 8.35. The Kier molecular flexibility index (Phi) is 10.4. The summed E-state index contributed by atoms with van der Waals surface area (Å²) in [6, 6.07) is 1.49. The third kappa shape index (κ3) is 8.64. The average molecular weight is 427 g/mol. The van der Waals surface area contributed by atoms with Crippen LogP contribution in [0.1, 0.15) is 13.3 Å². The molecule has 1 fully saturated rings. The highest BCUT2D eigenvalue weighted by atomic mass is 28.5. The third-order valence-electron chi connectivity index (χ3n) is 3.49. The van der Waals surface area contributed by atoms with E-state index in [0.29, 0.717) is 22.4 Å². The molecule has 0 aromatic heterocycles. The zero-order chi connectivity index (χ0) is 18.2. The van der Waals surface area contributed by atoms with Gasteiger partial charge in [-0.05, 0) is 38.7 Å². The van der Waals surface area contributed by atoms with Crippen LogP contribution in [0.15, 0.2) is 0 Å². The molecule has 1 aliphatic heterocycles. The fourth-order valence-corrected chi connectivity index (χ4v) is 18.1. The second-order valence-corrected chi connectivity index (χ2v) is 17.4. The highest BCUT2D eigenvalue weighted by Crippen LogP contribution is 2.25. The van der Waals surface area contributed by atoms with Crippen LogP contribution in [0.25, 0.3) is 0 Å². The lowest BCUT2D eigenvalue weighted by Gasteiger charge is -2.37. The van der Waals surface area contributed by atoms with Gasteiger partial charge in [0, 0.05) is 13.2 Å². The first kappa shape index (κ1) is 22.4. The summed E-state index contributed by atoms with van der Waals surface area (Å²) in [4.78, 5) is 12.2. The van der Waals surface area contributed by atoms with Crippen molar-refractivity contribution in [3.05, 3.63) is 0 Å². The van der Waals surface area contributed by atoms with Gasteiger partial charge in [-0.15, -0.1) is 0 Å². The summed E-state index contributed by atoms with van der Waals surface area (Å²) >= 11 is 0. The average Bonchev–Trinajstić information content (AvgIpc) is 2.44. The second kappa shape index (κ2) is 11.1. The van der Waals surface area contributed by atoms with Crippen LogP contribution in [-0.2, 0) is 30.4 Å². The quantitative estimate of drug-likeness (QED) is 0.325. The summed E-state index contributed by atoms with van der Waals surface area (Å²) in [5.41, 5.74) is 0. The Morgan fingerprint density at radius 3 is 2.29 bits per heavy atom. The van der Waals surface area contributed by atoms with E-state index in [0.717, 1.165) is 12.5 Å². The summed E-state index contributed by atoms with van der Waals surface area (Å²) in [5, 5.41) is 0. The van der Waals surface area contributed by atoms with Crippen molar-refractivity contribution in [3.8, 4) is 0 Å². The van der Waals surface area contributed by atoms with Crippen LogP contribution in [-0.4, -0.2) is 65.9 Å². The molecule has 3 unspecified atom stereocenters. The Morgan fingerprint density at radius 1 is 1.17 bits per heavy atom. The highest BCUT2D eigenvalue weighted by Gasteiger charge is 2.42. The van der Waals surface area contributed by atoms with Crippen molar-refractivity contribution >= 4 is 52.1 Å². The maximum atomic E-state index is 12.2. The predicted molar refractivity (Wildman–Crippen MR) is 102 cm³/mol. The molecule has 0 N–H and O–H groups in total. The van der Waals surface area contributed by atoms with Crippen molar-refractivity contribution in [3.63, 3.8) is 0 Å². The molecular weight excluding hydrogens is 397 g/mol. The fraction of sp³-hybridized carbons (Fsp3) is 0.917. The number of carbonyl (C=O) groups excluding carboxylic acids is 1. The minimum atomic E-state index is -2.48. The molecule has 1 rings (SSSR count). The van der Waals surface area contributed by atoms with Crippen molar-refractivity contribution < 1.29 is 30.4 Å². The molecule has 0 spiro atoms. The lowest BCUT2D eigenvalue weighted by molar-refractivity contribution is -0.147. The Bertz CT molecular complexity index is 375. The molecule has 24 heavy (non-hydrogen) atoms. The lowest BCUT2D eigenvalue weighted by Crippen LogP contribution is -2.54. The molecule has 1 saturated heterocycles. The summed E-state index contributed by atoms with van der Waals surface area (Å²) in [6.07, 6.45) is 0.824. The molecule has 140 valence electrons. The molecule has 0 aromatic carbocycles. The van der Waals surface area contributed by atoms with Crippen molar-refractivity contribution in [1.82, 2.24) is 0 Å². The van der Waals surface area contributed by atoms with Crippen molar-refractivity contribution in [2.75, 3.05) is 13.7 Å². The summed E-state index contributed by atoms with van der Waals surface area (Å²) in [7, 11) is -5.52. The maximum absolute atomic E-state index is 12.2. The van der Waals surface area contributed by atoms with E-state index in [9.17, 15) is 4.79 Å². The Balaban J connectivity index is 2.49. The van der Waals surface area contributed by atoms with E-state index in [2.05, 4.69) is 0 Å². The van der Waals surface area contributed by atoms with Gasteiger partial charge in [0.25, 0.3) is 27.9 Å². The van der Waals surface area contributed by atoms with Gasteiger partial charge < -0.3 is 25.6 Å². The van der Waals surface area contributed by atoms with Crippen molar-refractivity contribution in [2.24, 2.45) is 5.92 Å². The van der Waals surface area contributed by atoms with Crippen molar-refractivity contribution in [1.29, 1.82) is 0 Å². The molecule has 7 nitrogen and oxygen atoms in total. The van der Waals surface area contributed by atoms with E-state index in [1.54, 1.807) is 7.11 Å². The van der Waals surface area contributed by atoms with Gasteiger partial charge in [0.2, 0.25) is 9.76 Å². The van der Waals surface area contributed by atoms with E-state index < -0.39 is 36.4 Å². The van der Waals surface area contributed by atoms with Crippen LogP contribution in [0, 0.1) is 5.92 Å². The molecule has 0 aliphatic carbocycles. The van der Waals surface area contributed by atoms with E-state index in [-0.39, 0.29) is 11.9 Å². The molecule has 2 radical (unpaired) electrons. The predicted octanol–water partition coefficient (Wildman–Crippen LogP) is 0.943. The summed E-state index contributed by atoms with van der Waals surface area (Å²) in [6.45, 7) is 10.3. The zero-order valence-corrected chi connectivity index (χ0v) is 21.0. The Morgan fingerprint density at radius 2 is 1.75 bits per heavy atom. The topological polar surface area (TPSA) is 72.5 Å². The van der Waals surface area contributed by atoms with E-state index in [1.807, 2.05) is 33.1 Å². The van der Waals surface area contributed by atoms with Gasteiger partial charge in [0.05, 0.1) is 12.5 Å². The first-order valence-corrected chi connectivity index (χ1v) is 18.3. The van der Waals surface area contributed by atoms with Crippen molar-refractivity contribution in [2.45, 2.75) is 51.6 Å². The maximum Gasteiger partial charge on any atom is 0.317 e. The molecule has 0 saturated carbocycles. The molecule has 0 bridgehead atoms. The van der Waals surface area contributed by atoms with Gasteiger partial charge >= 0.3 is 14.5 Å². The number of hydrogen-bond acceptors (Lipinski definition) is 7. The van der Waals surface area contributed by atoms with E-state index in [4.69, 9.17) is 25.6 Å². The monoisotopic (exact) mass is 426 g/mol. The van der Waals surface area contributed by atoms with E-state index >= 15 is 0 Å². The number of ether oxygens (including phenoxy) is 1. The lowest BCUT2D eigenvalue weighted by atomic mass is 10.2. The summed E-state index contributed by atoms with van der Waals surface area (Å²) in [5.74, 6) is -0.435.